The molecule has 0 amide bonds. The molecule has 0 aliphatic carbocycles. The molecule has 96 valence electrons. The van der Waals surface area contributed by atoms with Gasteiger partial charge < -0.3 is 9.88 Å². The highest BCUT2D eigenvalue weighted by atomic mass is 19.1. The van der Waals surface area contributed by atoms with Crippen LogP contribution < -0.4 is 5.32 Å². The van der Waals surface area contributed by atoms with Crippen LogP contribution in [0.3, 0.4) is 0 Å². The zero-order valence-corrected chi connectivity index (χ0v) is 10.1. The molecule has 0 fully saturated rings. The molecule has 5 heteroatoms. The zero-order valence-electron chi connectivity index (χ0n) is 10.1. The van der Waals surface area contributed by atoms with Gasteiger partial charge in [-0.3, -0.25) is 0 Å². The Morgan fingerprint density at radius 2 is 2.06 bits per heavy atom. The van der Waals surface area contributed by atoms with Gasteiger partial charge in [-0.2, -0.15) is 0 Å². The molecular weight excluding hydrogens is 236 g/mol. The number of benzene rings is 1. The minimum atomic E-state index is -0.516. The molecular formula is C13H15F2N3. The van der Waals surface area contributed by atoms with E-state index in [0.717, 1.165) is 0 Å². The second-order valence-corrected chi connectivity index (χ2v) is 4.11. The predicted octanol–water partition coefficient (Wildman–Crippen LogP) is 2.51. The Labute approximate surface area is 104 Å². The van der Waals surface area contributed by atoms with E-state index in [1.54, 1.807) is 19.4 Å². The lowest BCUT2D eigenvalue weighted by Crippen LogP contribution is -2.24. The molecule has 0 spiro atoms. The topological polar surface area (TPSA) is 29.9 Å². The fourth-order valence-electron chi connectivity index (χ4n) is 1.86. The third kappa shape index (κ3) is 2.92. The molecule has 2 rings (SSSR count). The Morgan fingerprint density at radius 3 is 2.67 bits per heavy atom. The van der Waals surface area contributed by atoms with Crippen molar-refractivity contribution in [1.82, 2.24) is 14.9 Å². The van der Waals surface area contributed by atoms with Crippen LogP contribution >= 0.6 is 0 Å². The number of nitrogens with one attached hydrogen (secondary N) is 1. The van der Waals surface area contributed by atoms with Crippen molar-refractivity contribution >= 4 is 0 Å². The molecule has 1 atom stereocenters. The summed E-state index contributed by atoms with van der Waals surface area (Å²) in [4.78, 5) is 3.92. The van der Waals surface area contributed by atoms with Gasteiger partial charge in [0.2, 0.25) is 0 Å². The molecule has 0 aliphatic rings. The van der Waals surface area contributed by atoms with Crippen molar-refractivity contribution in [3.63, 3.8) is 0 Å². The summed E-state index contributed by atoms with van der Waals surface area (Å²) < 4.78 is 28.9. The summed E-state index contributed by atoms with van der Waals surface area (Å²) in [6, 6.07) is 3.54. The molecule has 1 N–H and O–H groups in total. The molecule has 0 bridgehead atoms. The molecule has 0 saturated heterocycles. The van der Waals surface area contributed by atoms with Gasteiger partial charge in [0.1, 0.15) is 11.6 Å². The van der Waals surface area contributed by atoms with Crippen molar-refractivity contribution < 1.29 is 8.78 Å². The van der Waals surface area contributed by atoms with E-state index in [2.05, 4.69) is 10.3 Å². The number of nitrogens with zero attached hydrogens (tertiary/aromatic N) is 2. The third-order valence-electron chi connectivity index (χ3n) is 2.81. The fraction of sp³-hybridized carbons (Fsp3) is 0.308. The smallest absolute Gasteiger partial charge is 0.130 e. The van der Waals surface area contributed by atoms with Gasteiger partial charge >= 0.3 is 0 Å². The lowest BCUT2D eigenvalue weighted by atomic mass is 10.1. The van der Waals surface area contributed by atoms with Gasteiger partial charge in [-0.15, -0.1) is 0 Å². The molecule has 18 heavy (non-hydrogen) atoms. The Hall–Kier alpha value is -1.75. The maximum Gasteiger partial charge on any atom is 0.130 e. The minimum absolute atomic E-state index is 0.0862. The van der Waals surface area contributed by atoms with Gasteiger partial charge in [0.05, 0.1) is 6.33 Å². The first-order valence-corrected chi connectivity index (χ1v) is 5.81. The fourth-order valence-corrected chi connectivity index (χ4v) is 1.86. The molecule has 3 nitrogen and oxygen atoms in total. The SMILES string of the molecule is CC(NCCn1ccnc1)c1c(F)cccc1F. The maximum absolute atomic E-state index is 13.5. The van der Waals surface area contributed by atoms with Crippen molar-refractivity contribution in [2.75, 3.05) is 6.54 Å². The molecule has 1 heterocycles. The monoisotopic (exact) mass is 251 g/mol. The molecule has 1 aromatic heterocycles. The quantitative estimate of drug-likeness (QED) is 0.885. The summed E-state index contributed by atoms with van der Waals surface area (Å²) in [6.07, 6.45) is 5.24. The second kappa shape index (κ2) is 5.73. The van der Waals surface area contributed by atoms with Crippen molar-refractivity contribution in [2.45, 2.75) is 19.5 Å². The van der Waals surface area contributed by atoms with Crippen LogP contribution in [0.25, 0.3) is 0 Å². The van der Waals surface area contributed by atoms with Crippen molar-refractivity contribution in [2.24, 2.45) is 0 Å². The second-order valence-electron chi connectivity index (χ2n) is 4.11. The summed E-state index contributed by atoms with van der Waals surface area (Å²) in [7, 11) is 0. The van der Waals surface area contributed by atoms with Crippen molar-refractivity contribution in [3.05, 3.63) is 54.1 Å². The summed E-state index contributed by atoms with van der Waals surface area (Å²) in [6.45, 7) is 3.07. The highest BCUT2D eigenvalue weighted by Crippen LogP contribution is 2.19. The first kappa shape index (κ1) is 12.7. The summed E-state index contributed by atoms with van der Waals surface area (Å²) >= 11 is 0. The van der Waals surface area contributed by atoms with Crippen LogP contribution in [-0.2, 0) is 6.54 Å². The number of hydrogen-bond donors (Lipinski definition) is 1. The van der Waals surface area contributed by atoms with Gasteiger partial charge in [0.25, 0.3) is 0 Å². The Bertz CT molecular complexity index is 477. The molecule has 1 unspecified atom stereocenters. The summed E-state index contributed by atoms with van der Waals surface area (Å²) in [5.41, 5.74) is 0.0862. The van der Waals surface area contributed by atoms with Gasteiger partial charge in [0.15, 0.2) is 0 Å². The Kier molecular flexibility index (Phi) is 4.04. The number of hydrogen-bond acceptors (Lipinski definition) is 2. The average molecular weight is 251 g/mol. The normalized spacial score (nSPS) is 12.6. The van der Waals surface area contributed by atoms with Crippen LogP contribution in [0.4, 0.5) is 8.78 Å². The van der Waals surface area contributed by atoms with Crippen molar-refractivity contribution in [3.8, 4) is 0 Å². The summed E-state index contributed by atoms with van der Waals surface area (Å²) in [5.74, 6) is -1.03. The Morgan fingerprint density at radius 1 is 1.33 bits per heavy atom. The zero-order chi connectivity index (χ0) is 13.0. The average Bonchev–Trinajstić information content (AvgIpc) is 2.82. The minimum Gasteiger partial charge on any atom is -0.336 e. The van der Waals surface area contributed by atoms with E-state index < -0.39 is 11.6 Å². The molecule has 2 aromatic rings. The molecule has 0 saturated carbocycles. The van der Waals surface area contributed by atoms with Crippen LogP contribution in [0.2, 0.25) is 0 Å². The molecule has 1 aromatic carbocycles. The first-order valence-electron chi connectivity index (χ1n) is 5.81. The van der Waals surface area contributed by atoms with Gasteiger partial charge in [-0.05, 0) is 19.1 Å². The maximum atomic E-state index is 13.5. The highest BCUT2D eigenvalue weighted by Gasteiger charge is 2.14. The number of aromatic nitrogens is 2. The Balaban J connectivity index is 1.93. The largest absolute Gasteiger partial charge is 0.336 e. The van der Waals surface area contributed by atoms with Crippen molar-refractivity contribution in [1.29, 1.82) is 0 Å². The van der Waals surface area contributed by atoms with E-state index in [1.165, 1.54) is 18.2 Å². The van der Waals surface area contributed by atoms with E-state index in [9.17, 15) is 8.78 Å². The lowest BCUT2D eigenvalue weighted by molar-refractivity contribution is 0.475. The standard InChI is InChI=1S/C13H15F2N3/c1-10(13-11(14)3-2-4-12(13)15)17-6-8-18-7-5-16-9-18/h2-5,7,9-10,17H,6,8H2,1H3. The number of imidazole rings is 1. The van der Waals surface area contributed by atoms with E-state index >= 15 is 0 Å². The van der Waals surface area contributed by atoms with Crippen LogP contribution in [0.15, 0.2) is 36.9 Å². The van der Waals surface area contributed by atoms with E-state index in [4.69, 9.17) is 0 Å². The van der Waals surface area contributed by atoms with E-state index in [0.29, 0.717) is 13.1 Å². The number of halogens is 2. The van der Waals surface area contributed by atoms with Gasteiger partial charge in [0, 0.05) is 37.1 Å². The summed E-state index contributed by atoms with van der Waals surface area (Å²) in [5, 5.41) is 3.09. The van der Waals surface area contributed by atoms with Gasteiger partial charge in [-0.1, -0.05) is 6.07 Å². The predicted molar refractivity (Wildman–Crippen MR) is 65.0 cm³/mol. The van der Waals surface area contributed by atoms with E-state index in [1.807, 2.05) is 10.8 Å². The molecule has 0 radical (unpaired) electrons. The third-order valence-corrected chi connectivity index (χ3v) is 2.81. The number of rotatable bonds is 5. The van der Waals surface area contributed by atoms with E-state index in [-0.39, 0.29) is 11.6 Å². The molecule has 0 aliphatic heterocycles. The van der Waals surface area contributed by atoms with Gasteiger partial charge in [-0.25, -0.2) is 13.8 Å². The van der Waals surface area contributed by atoms with Crippen LogP contribution in [-0.4, -0.2) is 16.1 Å². The van der Waals surface area contributed by atoms with Crippen LogP contribution in [0.1, 0.15) is 18.5 Å². The van der Waals surface area contributed by atoms with Crippen LogP contribution in [0, 0.1) is 11.6 Å². The highest BCUT2D eigenvalue weighted by molar-refractivity contribution is 5.22. The lowest BCUT2D eigenvalue weighted by Gasteiger charge is -2.15. The first-order chi connectivity index (χ1) is 8.68. The van der Waals surface area contributed by atoms with Crippen LogP contribution in [0.5, 0.6) is 0 Å².